The summed E-state index contributed by atoms with van der Waals surface area (Å²) in [6, 6.07) is 66.1. The molecule has 0 spiro atoms. The summed E-state index contributed by atoms with van der Waals surface area (Å²) in [6.45, 7) is -0.429. The molecule has 6 saturated heterocycles. The fourth-order valence-corrected chi connectivity index (χ4v) is 55.0. The van der Waals surface area contributed by atoms with Crippen molar-refractivity contribution in [2.45, 2.75) is 13.5 Å². The Balaban J connectivity index is 0.00000263. The van der Waals surface area contributed by atoms with Gasteiger partial charge in [-0.15, -0.1) is 0 Å². The second-order valence-electron chi connectivity index (χ2n) is 15.8. The lowest BCUT2D eigenvalue weighted by atomic mass is 10.4. The molecule has 0 aliphatic carbocycles. The maximum absolute atomic E-state index is 11.3. The summed E-state index contributed by atoms with van der Waals surface area (Å²) in [7, 11) is -37.6. The van der Waals surface area contributed by atoms with Crippen LogP contribution in [0, 0.1) is 0 Å². The monoisotopic (exact) mass is 1030 g/mol. The van der Waals surface area contributed by atoms with Crippen LogP contribution in [0.25, 0.3) is 0 Å². The van der Waals surface area contributed by atoms with Gasteiger partial charge < -0.3 is 54.5 Å². The van der Waals surface area contributed by atoms with Gasteiger partial charge in [-0.05, 0) is 0 Å². The molecular formula is C45H44BO13Si8. The van der Waals surface area contributed by atoms with Crippen molar-refractivity contribution < 1.29 is 54.5 Å². The Kier molecular flexibility index (Phi) is 12.3. The molecule has 337 valence electrons. The van der Waals surface area contributed by atoms with E-state index in [9.17, 15) is 5.11 Å². The third kappa shape index (κ3) is 7.67. The maximum atomic E-state index is 11.3. The third-order valence-electron chi connectivity index (χ3n) is 11.6. The van der Waals surface area contributed by atoms with Gasteiger partial charge in [-0.3, -0.25) is 0 Å². The quantitative estimate of drug-likeness (QED) is 0.213. The van der Waals surface area contributed by atoms with Crippen molar-refractivity contribution in [2.24, 2.45) is 0 Å². The van der Waals surface area contributed by atoms with Crippen LogP contribution in [-0.2, 0) is 49.4 Å². The molecule has 13 rings (SSSR count). The van der Waals surface area contributed by atoms with E-state index in [1.54, 1.807) is 0 Å². The molecule has 67 heavy (non-hydrogen) atoms. The van der Waals surface area contributed by atoms with Gasteiger partial charge in [-0.1, -0.05) is 220 Å². The third-order valence-corrected chi connectivity index (χ3v) is 46.0. The zero-order valence-electron chi connectivity index (χ0n) is 35.0. The minimum absolute atomic E-state index is 0. The molecule has 8 bridgehead atoms. The molecule has 6 fully saturated rings. The number of benzene rings is 7. The molecule has 7 aromatic carbocycles. The number of aliphatic hydroxyl groups is 1. The summed E-state index contributed by atoms with van der Waals surface area (Å²) in [5.41, 5.74) is 0. The van der Waals surface area contributed by atoms with E-state index >= 15 is 0 Å². The average molecular weight is 1030 g/mol. The number of hydrogen-bond acceptors (Lipinski definition) is 13. The first-order valence-electron chi connectivity index (χ1n) is 21.2. The lowest BCUT2D eigenvalue weighted by molar-refractivity contribution is -0.00734. The minimum Gasteiger partial charge on any atom is -0.396 e. The van der Waals surface area contributed by atoms with Crippen LogP contribution in [0.5, 0.6) is 0 Å². The zero-order valence-corrected chi connectivity index (χ0v) is 43.0. The fraction of sp³-hybridized carbons (Fsp3) is 0.0667. The summed E-state index contributed by atoms with van der Waals surface area (Å²) in [6.07, 6.45) is 0. The van der Waals surface area contributed by atoms with E-state index in [0.717, 1.165) is 0 Å². The van der Waals surface area contributed by atoms with Crippen LogP contribution in [0.4, 0.5) is 0 Å². The predicted octanol–water partition coefficient (Wildman–Crippen LogP) is 2.36. The Morgan fingerprint density at radius 2 is 0.403 bits per heavy atom. The molecule has 1 N–H and O–H groups in total. The van der Waals surface area contributed by atoms with E-state index in [1.165, 1.54) is 0 Å². The van der Waals surface area contributed by atoms with E-state index in [2.05, 4.69) is 0 Å². The van der Waals surface area contributed by atoms with Crippen LogP contribution < -0.4 is 36.3 Å². The highest BCUT2D eigenvalue weighted by atomic mass is 28.6. The highest BCUT2D eigenvalue weighted by molar-refractivity contribution is 7.13. The van der Waals surface area contributed by atoms with E-state index in [-0.39, 0.29) is 21.9 Å². The Bertz CT molecular complexity index is 2520. The van der Waals surface area contributed by atoms with Gasteiger partial charge in [-0.25, -0.2) is 0 Å². The predicted molar refractivity (Wildman–Crippen MR) is 266 cm³/mol. The van der Waals surface area contributed by atoms with Gasteiger partial charge in [0, 0.05) is 57.4 Å². The van der Waals surface area contributed by atoms with Crippen LogP contribution in [0.2, 0.25) is 6.04 Å². The summed E-state index contributed by atoms with van der Waals surface area (Å²) in [5.74, 6) is 0. The molecule has 3 radical (unpaired) electrons. The lowest BCUT2D eigenvalue weighted by Crippen LogP contribution is -2.95. The summed E-state index contributed by atoms with van der Waals surface area (Å²) in [4.78, 5) is 0. The molecule has 0 atom stereocenters. The Morgan fingerprint density at radius 3 is 0.552 bits per heavy atom. The van der Waals surface area contributed by atoms with E-state index in [1.807, 2.05) is 212 Å². The minimum atomic E-state index is -4.72. The van der Waals surface area contributed by atoms with Gasteiger partial charge in [0.1, 0.15) is 0 Å². The van der Waals surface area contributed by atoms with Crippen molar-refractivity contribution in [3.63, 3.8) is 0 Å². The molecule has 22 heteroatoms. The normalized spacial score (nSPS) is 33.7. The average Bonchev–Trinajstić information content (AvgIpc) is 3.33. The molecule has 0 unspecified atom stereocenters. The van der Waals surface area contributed by atoms with E-state index in [0.29, 0.717) is 36.3 Å². The van der Waals surface area contributed by atoms with Crippen LogP contribution in [0.15, 0.2) is 212 Å². The molecule has 0 amide bonds. The van der Waals surface area contributed by atoms with Crippen LogP contribution in [0.1, 0.15) is 7.43 Å². The molecule has 0 saturated carbocycles. The van der Waals surface area contributed by atoms with Gasteiger partial charge in [0.05, 0.1) is 0 Å². The van der Waals surface area contributed by atoms with Gasteiger partial charge in [0.15, 0.2) is 0 Å². The van der Waals surface area contributed by atoms with Crippen LogP contribution in [0.3, 0.4) is 0 Å². The first kappa shape index (κ1) is 46.5. The second kappa shape index (κ2) is 17.7. The highest BCUT2D eigenvalue weighted by Crippen LogP contribution is 2.49. The van der Waals surface area contributed by atoms with Gasteiger partial charge in [0.2, 0.25) is 0 Å². The van der Waals surface area contributed by atoms with Crippen molar-refractivity contribution in [1.29, 1.82) is 0 Å². The molecular weight excluding hydrogens is 984 g/mol. The lowest BCUT2D eigenvalue weighted by Gasteiger charge is -2.62. The van der Waals surface area contributed by atoms with E-state index < -0.39 is 77.0 Å². The topological polar surface area (TPSA) is 131 Å². The highest BCUT2D eigenvalue weighted by Gasteiger charge is 2.86. The molecule has 6 aliphatic heterocycles. The van der Waals surface area contributed by atoms with Gasteiger partial charge in [-0.2, -0.15) is 0 Å². The summed E-state index contributed by atoms with van der Waals surface area (Å²) in [5, 5.41) is 15.1. The van der Waals surface area contributed by atoms with Crippen molar-refractivity contribution in [3.05, 3.63) is 212 Å². The number of rotatable bonds is 9. The zero-order chi connectivity index (χ0) is 43.7. The second-order valence-corrected chi connectivity index (χ2v) is 39.3. The Hall–Kier alpha value is -4.18. The van der Waals surface area contributed by atoms with Crippen molar-refractivity contribution in [2.75, 3.05) is 6.61 Å². The number of hydrogen-bond donors (Lipinski definition) is 1. The fourth-order valence-electron chi connectivity index (χ4n) is 8.73. The standard InChI is InChI=1S/C44H40O13Si8.CH4.B/c45-36-37-58-46-59(38-22-8-1-9-23-38)49-62(41-28-14-4-15-29-41)51-60(47-58,39-24-10-2-11-25-39)53-64(43-32-18-6-19-33-43)54-61(48-58,40-26-12-3-13-27-40)52-63(50-59,42-30-16-5-17-31-42)56-65(55-62,57-64)44-34-20-7-21-35-44;;/h1-35,45H,36-37H2;1H4;. The van der Waals surface area contributed by atoms with Crippen LogP contribution >= 0.6 is 0 Å². The van der Waals surface area contributed by atoms with Gasteiger partial charge >= 0.3 is 70.4 Å². The summed E-state index contributed by atoms with van der Waals surface area (Å²) < 4.78 is 95.1. The molecule has 6 aliphatic rings. The first-order valence-corrected chi connectivity index (χ1v) is 35.2. The molecule has 7 aromatic rings. The van der Waals surface area contributed by atoms with Gasteiger partial charge in [0.25, 0.3) is 0 Å². The number of aliphatic hydroxyl groups excluding tert-OH is 1. The van der Waals surface area contributed by atoms with E-state index in [4.69, 9.17) is 49.4 Å². The van der Waals surface area contributed by atoms with Crippen molar-refractivity contribution >= 4 is 115 Å². The van der Waals surface area contributed by atoms with Crippen molar-refractivity contribution in [3.8, 4) is 0 Å². The molecule has 0 aromatic heterocycles. The maximum Gasteiger partial charge on any atom is 0.515 e. The SMILES string of the molecule is C.OCC[Si]12O[Si]3(c4ccccc4)O[Si]4(c5ccccc5)O[Si](c5ccccc5)(O1)O[Si]1(c5ccccc5)O[Si](c5ccccc5)(O2)O[Si](c2ccccc2)(O3)O[Si](c2ccccc2)(O4)O1.[B]. The molecule has 6 heterocycles. The summed E-state index contributed by atoms with van der Waals surface area (Å²) >= 11 is 0. The Labute approximate surface area is 399 Å². The smallest absolute Gasteiger partial charge is 0.396 e. The molecule has 13 nitrogen and oxygen atoms in total. The Morgan fingerprint density at radius 1 is 0.254 bits per heavy atom. The van der Waals surface area contributed by atoms with Crippen molar-refractivity contribution in [1.82, 2.24) is 0 Å². The van der Waals surface area contributed by atoms with Crippen LogP contribution in [-0.4, -0.2) is 90.6 Å². The largest absolute Gasteiger partial charge is 0.515 e. The first-order chi connectivity index (χ1) is 31.8.